The van der Waals surface area contributed by atoms with Crippen LogP contribution in [0.1, 0.15) is 264 Å². The minimum absolute atomic E-state index is 0.0532. The van der Waals surface area contributed by atoms with Gasteiger partial charge in [0, 0.05) is 6.42 Å². The number of aliphatic hydroxyl groups is 1. The summed E-state index contributed by atoms with van der Waals surface area (Å²) < 4.78 is 23.6. The first-order valence-electron chi connectivity index (χ1n) is 29.2. The van der Waals surface area contributed by atoms with E-state index in [0.29, 0.717) is 17.4 Å². The summed E-state index contributed by atoms with van der Waals surface area (Å²) in [6.07, 6.45) is 69.1. The molecule has 3 atom stereocenters. The lowest BCUT2D eigenvalue weighted by molar-refractivity contribution is -0.870. The standard InChI is InChI=1S/C60H113N2O6P/c1-6-8-10-12-14-16-18-20-22-23-24-25-26-27-28-29-30-31-32-33-34-35-36-37-38-39-40-42-44-46-48-50-52-54-60(64)61-58(57-68-69(65,66)67-56-55-62(3,4)5)59(63)53-51-49-47-45-43-41-21-19-17-15-13-11-9-7-2/h17-20,23-24,43,45,51,53,58-59,63H,6-16,21-22,25-42,44,46-50,52,54-57H2,1-5H3,(H-,61,64,65,66)/p+1/b19-17+,20-18-,24-23-,45-43+,53-51+. The minimum Gasteiger partial charge on any atom is -0.387 e. The molecular weight excluding hydrogens is 876 g/mol. The molecule has 0 aromatic carbocycles. The zero-order chi connectivity index (χ0) is 50.6. The molecule has 0 heterocycles. The fourth-order valence-electron chi connectivity index (χ4n) is 8.34. The predicted octanol–water partition coefficient (Wildman–Crippen LogP) is 17.7. The number of phosphoric acid groups is 1. The largest absolute Gasteiger partial charge is 0.472 e. The molecule has 69 heavy (non-hydrogen) atoms. The second-order valence-electron chi connectivity index (χ2n) is 21.0. The van der Waals surface area contributed by atoms with Gasteiger partial charge in [-0.3, -0.25) is 13.8 Å². The van der Waals surface area contributed by atoms with E-state index in [0.717, 1.165) is 51.4 Å². The van der Waals surface area contributed by atoms with Crippen LogP contribution in [-0.2, 0) is 18.4 Å². The van der Waals surface area contributed by atoms with Crippen LogP contribution in [-0.4, -0.2) is 73.4 Å². The number of hydrogen-bond acceptors (Lipinski definition) is 5. The number of allylic oxidation sites excluding steroid dienone is 9. The van der Waals surface area contributed by atoms with Crippen LogP contribution in [0.25, 0.3) is 0 Å². The highest BCUT2D eigenvalue weighted by molar-refractivity contribution is 7.47. The van der Waals surface area contributed by atoms with Gasteiger partial charge in [0.2, 0.25) is 5.91 Å². The van der Waals surface area contributed by atoms with Crippen molar-refractivity contribution in [1.82, 2.24) is 5.32 Å². The molecule has 0 aliphatic rings. The van der Waals surface area contributed by atoms with Crippen molar-refractivity contribution in [2.45, 2.75) is 276 Å². The number of likely N-dealkylation sites (N-methyl/N-ethyl adjacent to an activating group) is 1. The molecule has 0 radical (unpaired) electrons. The molecule has 0 fully saturated rings. The summed E-state index contributed by atoms with van der Waals surface area (Å²) >= 11 is 0. The average molecular weight is 991 g/mol. The van der Waals surface area contributed by atoms with Gasteiger partial charge in [0.15, 0.2) is 0 Å². The summed E-state index contributed by atoms with van der Waals surface area (Å²) in [5.74, 6) is -0.189. The van der Waals surface area contributed by atoms with E-state index in [-0.39, 0.29) is 19.1 Å². The monoisotopic (exact) mass is 990 g/mol. The first-order valence-corrected chi connectivity index (χ1v) is 30.7. The maximum absolute atomic E-state index is 13.0. The van der Waals surface area contributed by atoms with Crippen LogP contribution >= 0.6 is 7.82 Å². The molecule has 0 spiro atoms. The normalized spacial score (nSPS) is 14.4. The van der Waals surface area contributed by atoms with Crippen molar-refractivity contribution >= 4 is 13.7 Å². The Labute approximate surface area is 428 Å². The van der Waals surface area contributed by atoms with E-state index in [1.807, 2.05) is 27.2 Å². The van der Waals surface area contributed by atoms with Gasteiger partial charge in [0.1, 0.15) is 13.2 Å². The van der Waals surface area contributed by atoms with E-state index in [1.165, 1.54) is 193 Å². The number of phosphoric ester groups is 1. The Balaban J connectivity index is 4.04. The molecule has 9 heteroatoms. The van der Waals surface area contributed by atoms with Crippen LogP contribution in [0.3, 0.4) is 0 Å². The van der Waals surface area contributed by atoms with Crippen LogP contribution < -0.4 is 5.32 Å². The maximum Gasteiger partial charge on any atom is 0.472 e. The van der Waals surface area contributed by atoms with Crippen molar-refractivity contribution in [3.8, 4) is 0 Å². The van der Waals surface area contributed by atoms with Gasteiger partial charge in [-0.15, -0.1) is 0 Å². The molecule has 8 nitrogen and oxygen atoms in total. The lowest BCUT2D eigenvalue weighted by Gasteiger charge is -2.25. The van der Waals surface area contributed by atoms with Gasteiger partial charge in [-0.25, -0.2) is 4.57 Å². The Morgan fingerprint density at radius 2 is 0.841 bits per heavy atom. The van der Waals surface area contributed by atoms with E-state index < -0.39 is 20.0 Å². The Bertz CT molecular complexity index is 1310. The van der Waals surface area contributed by atoms with Crippen molar-refractivity contribution in [1.29, 1.82) is 0 Å². The van der Waals surface area contributed by atoms with Crippen LogP contribution in [0.2, 0.25) is 0 Å². The van der Waals surface area contributed by atoms with Crippen molar-refractivity contribution < 1.29 is 32.9 Å². The SMILES string of the molecule is CCCCCC/C=C/CC/C=C/CC/C=C/C(O)C(COP(=O)(O)OCC[N+](C)(C)C)NC(=O)CCCCCCCCCCCCCCCCCCCCCCC/C=C\C/C=C\CCCCCCC. The zero-order valence-corrected chi connectivity index (χ0v) is 46.9. The van der Waals surface area contributed by atoms with Gasteiger partial charge < -0.3 is 19.8 Å². The lowest BCUT2D eigenvalue weighted by Crippen LogP contribution is -2.45. The fourth-order valence-corrected chi connectivity index (χ4v) is 9.08. The number of quaternary nitrogens is 1. The third-order valence-electron chi connectivity index (χ3n) is 12.9. The zero-order valence-electron chi connectivity index (χ0n) is 46.0. The molecular formula is C60H114N2O6P+. The van der Waals surface area contributed by atoms with Crippen LogP contribution in [0.4, 0.5) is 0 Å². The van der Waals surface area contributed by atoms with Crippen LogP contribution in [0, 0.1) is 0 Å². The molecule has 0 aromatic heterocycles. The quantitative estimate of drug-likeness (QED) is 0.0243. The molecule has 0 rings (SSSR count). The van der Waals surface area contributed by atoms with Gasteiger partial charge in [-0.1, -0.05) is 242 Å². The smallest absolute Gasteiger partial charge is 0.387 e. The van der Waals surface area contributed by atoms with E-state index >= 15 is 0 Å². The molecule has 404 valence electrons. The summed E-state index contributed by atoms with van der Waals surface area (Å²) in [5, 5.41) is 13.9. The minimum atomic E-state index is -4.36. The Morgan fingerprint density at radius 3 is 1.26 bits per heavy atom. The Morgan fingerprint density at radius 1 is 0.493 bits per heavy atom. The van der Waals surface area contributed by atoms with E-state index in [2.05, 4.69) is 67.8 Å². The number of unbranched alkanes of at least 4 members (excludes halogenated alkanes) is 32. The van der Waals surface area contributed by atoms with Crippen molar-refractivity contribution in [3.05, 3.63) is 60.8 Å². The summed E-state index contributed by atoms with van der Waals surface area (Å²) in [5.41, 5.74) is 0. The third kappa shape index (κ3) is 53.8. The number of nitrogens with one attached hydrogen (secondary N) is 1. The van der Waals surface area contributed by atoms with Gasteiger partial charge in [-0.2, -0.15) is 0 Å². The summed E-state index contributed by atoms with van der Waals surface area (Å²) in [4.78, 5) is 23.2. The number of aliphatic hydroxyl groups excluding tert-OH is 1. The number of rotatable bonds is 53. The highest BCUT2D eigenvalue weighted by Crippen LogP contribution is 2.43. The Hall–Kier alpha value is -1.80. The fraction of sp³-hybridized carbons (Fsp3) is 0.817. The number of carbonyl (C=O) groups excluding carboxylic acids is 1. The number of nitrogens with zero attached hydrogens (tertiary/aromatic N) is 1. The van der Waals surface area contributed by atoms with Crippen LogP contribution in [0.5, 0.6) is 0 Å². The second kappa shape index (κ2) is 51.1. The Kier molecular flexibility index (Phi) is 49.8. The lowest BCUT2D eigenvalue weighted by atomic mass is 10.0. The summed E-state index contributed by atoms with van der Waals surface area (Å²) in [6.45, 7) is 4.76. The first kappa shape index (κ1) is 67.2. The molecule has 0 saturated carbocycles. The van der Waals surface area contributed by atoms with E-state index in [9.17, 15) is 19.4 Å². The molecule has 0 aliphatic heterocycles. The maximum atomic E-state index is 13.0. The molecule has 3 unspecified atom stereocenters. The van der Waals surface area contributed by atoms with Crippen molar-refractivity contribution in [3.63, 3.8) is 0 Å². The summed E-state index contributed by atoms with van der Waals surface area (Å²) in [6, 6.07) is -0.869. The number of amides is 1. The highest BCUT2D eigenvalue weighted by Gasteiger charge is 2.27. The van der Waals surface area contributed by atoms with Gasteiger partial charge >= 0.3 is 7.82 Å². The molecule has 0 aliphatic carbocycles. The number of carbonyl (C=O) groups is 1. The third-order valence-corrected chi connectivity index (χ3v) is 13.9. The van der Waals surface area contributed by atoms with E-state index in [4.69, 9.17) is 9.05 Å². The van der Waals surface area contributed by atoms with E-state index in [1.54, 1.807) is 6.08 Å². The van der Waals surface area contributed by atoms with Gasteiger partial charge in [0.25, 0.3) is 0 Å². The van der Waals surface area contributed by atoms with Gasteiger partial charge in [0.05, 0.1) is 39.9 Å². The summed E-state index contributed by atoms with van der Waals surface area (Å²) in [7, 11) is 1.55. The molecule has 0 saturated heterocycles. The van der Waals surface area contributed by atoms with Gasteiger partial charge in [-0.05, 0) is 77.0 Å². The molecule has 1 amide bonds. The molecule has 0 bridgehead atoms. The highest BCUT2D eigenvalue weighted by atomic mass is 31.2. The van der Waals surface area contributed by atoms with Crippen molar-refractivity contribution in [2.75, 3.05) is 40.9 Å². The first-order chi connectivity index (χ1) is 33.5. The van der Waals surface area contributed by atoms with Crippen LogP contribution in [0.15, 0.2) is 60.8 Å². The number of hydrogen-bond donors (Lipinski definition) is 3. The predicted molar refractivity (Wildman–Crippen MR) is 300 cm³/mol. The second-order valence-corrected chi connectivity index (χ2v) is 22.4. The topological polar surface area (TPSA) is 105 Å². The molecule has 3 N–H and O–H groups in total. The average Bonchev–Trinajstić information content (AvgIpc) is 3.31. The van der Waals surface area contributed by atoms with Crippen molar-refractivity contribution in [2.24, 2.45) is 0 Å². The molecule has 0 aromatic rings.